The molecule has 0 aromatic rings. The van der Waals surface area contributed by atoms with Crippen molar-refractivity contribution < 1.29 is 43.6 Å². The van der Waals surface area contributed by atoms with Crippen LogP contribution < -0.4 is 0 Å². The van der Waals surface area contributed by atoms with Crippen LogP contribution in [0.3, 0.4) is 0 Å². The van der Waals surface area contributed by atoms with Crippen molar-refractivity contribution in [1.82, 2.24) is 0 Å². The Morgan fingerprint density at radius 1 is 0.842 bits per heavy atom. The Morgan fingerprint density at radius 3 is 0.947 bits per heavy atom. The molecule has 0 aliphatic heterocycles. The van der Waals surface area contributed by atoms with Crippen LogP contribution in [0.4, 0.5) is 17.3 Å². The van der Waals surface area contributed by atoms with Gasteiger partial charge in [-0.2, -0.15) is 10.5 Å². The molecule has 1 fully saturated rings. The Hall–Kier alpha value is 0.00442. The molecule has 0 amide bonds. The molecule has 1 aliphatic carbocycles. The fraction of sp³-hybridized carbons (Fsp3) is 0.200. The van der Waals surface area contributed by atoms with E-state index < -0.39 is 7.25 Å². The summed E-state index contributed by atoms with van der Waals surface area (Å²) in [5.74, 6) is 3.67. The van der Waals surface area contributed by atoms with Gasteiger partial charge in [0.05, 0.1) is 0 Å². The van der Waals surface area contributed by atoms with Crippen LogP contribution in [0.2, 0.25) is 0 Å². The Morgan fingerprint density at radius 2 is 0.895 bits per heavy atom. The summed E-state index contributed by atoms with van der Waals surface area (Å²) in [6.45, 7) is 9.00. The van der Waals surface area contributed by atoms with E-state index in [4.69, 9.17) is 9.30 Å². The third-order valence-corrected chi connectivity index (χ3v) is 0.556. The smallest absolute Gasteiger partial charge is 0.0312 e. The van der Waals surface area contributed by atoms with Crippen LogP contribution >= 0.6 is 10.5 Å². The van der Waals surface area contributed by atoms with Gasteiger partial charge in [-0.1, -0.05) is 5.87 Å². The molecule has 1 rings (SSSR count). The van der Waals surface area contributed by atoms with E-state index in [1.165, 1.54) is 0 Å². The summed E-state index contributed by atoms with van der Waals surface area (Å²) in [7, 11) is -5.61. The molecular formula is C10H13BF4FeO2S+. The van der Waals surface area contributed by atoms with Crippen molar-refractivity contribution in [1.29, 1.82) is 0 Å². The summed E-state index contributed by atoms with van der Waals surface area (Å²) in [5, 5.41) is 0. The molecular weight excluding hydrogens is 327 g/mol. The summed E-state index contributed by atoms with van der Waals surface area (Å²) in [6.07, 6.45) is 14.2. The summed E-state index contributed by atoms with van der Waals surface area (Å²) in [5.41, 5.74) is 0. The van der Waals surface area contributed by atoms with Gasteiger partial charge >= 0.3 is 46.9 Å². The van der Waals surface area contributed by atoms with Crippen molar-refractivity contribution in [2.24, 2.45) is 0 Å². The van der Waals surface area contributed by atoms with Crippen molar-refractivity contribution >= 4 is 23.6 Å². The predicted octanol–water partition coefficient (Wildman–Crippen LogP) is 3.19. The molecule has 0 heterocycles. The molecule has 0 saturated heterocycles. The van der Waals surface area contributed by atoms with Gasteiger partial charge in [-0.25, -0.2) is 0 Å². The quantitative estimate of drug-likeness (QED) is 0.214. The van der Waals surface area contributed by atoms with Crippen LogP contribution in [0.5, 0.6) is 0 Å². The van der Waals surface area contributed by atoms with Crippen molar-refractivity contribution in [2.75, 3.05) is 12.5 Å². The van der Waals surface area contributed by atoms with Gasteiger partial charge in [-0.3, -0.25) is 0 Å². The molecule has 9 heteroatoms. The third kappa shape index (κ3) is 184. The average molecular weight is 340 g/mol. The van der Waals surface area contributed by atoms with Gasteiger partial charge in [0.15, 0.2) is 0 Å². The molecule has 0 N–H and O–H groups in total. The zero-order valence-corrected chi connectivity index (χ0v) is 12.2. The maximum Gasteiger partial charge on any atom is 2.00 e. The van der Waals surface area contributed by atoms with E-state index in [1.807, 2.05) is 32.1 Å². The van der Waals surface area contributed by atoms with Gasteiger partial charge in [0.25, 0.3) is 0 Å². The molecule has 0 bridgehead atoms. The number of rotatable bonds is 0. The molecule has 2 nitrogen and oxygen atoms in total. The molecule has 0 atom stereocenters. The van der Waals surface area contributed by atoms with Gasteiger partial charge in [-0.05, 0) is 44.6 Å². The third-order valence-electron chi connectivity index (χ3n) is 0.556. The molecule has 1 saturated carbocycles. The standard InChI is InChI=1S/C5H5.C3H8S.2CO.BF4.Fe/c1-2-4-5-3-1;1-4(2)3;2*1-2;2-1(3,4)5;/h1-5H;1H2,2-3H3;;;;/q;;;;-1;+2. The maximum atomic E-state index is 9.75. The molecule has 0 unspecified atom stereocenters. The number of hydrogen-bond donors (Lipinski definition) is 0. The van der Waals surface area contributed by atoms with Crippen LogP contribution in [0, 0.1) is 45.4 Å². The van der Waals surface area contributed by atoms with E-state index in [0.29, 0.717) is 10.5 Å². The number of hydrogen-bond acceptors (Lipinski definition) is 0. The van der Waals surface area contributed by atoms with E-state index in [-0.39, 0.29) is 17.1 Å². The predicted molar refractivity (Wildman–Crippen MR) is 66.1 cm³/mol. The fourth-order valence-electron chi connectivity index (χ4n) is 0.321. The van der Waals surface area contributed by atoms with Crippen molar-refractivity contribution in [3.63, 3.8) is 0 Å². The largest absolute Gasteiger partial charge is 2.00 e. The molecule has 0 aromatic heterocycles. The van der Waals surface area contributed by atoms with Crippen molar-refractivity contribution in [2.45, 2.75) is 0 Å². The summed E-state index contributed by atoms with van der Waals surface area (Å²) >= 11 is 0. The number of halogens is 4. The Bertz CT molecular complexity index is 195. The summed E-state index contributed by atoms with van der Waals surface area (Å²) in [4.78, 5) is 0. The monoisotopic (exact) mass is 340 g/mol. The van der Waals surface area contributed by atoms with Gasteiger partial charge in [0.2, 0.25) is 0 Å². The molecule has 5 radical (unpaired) electrons. The fourth-order valence-corrected chi connectivity index (χ4v) is 0.321. The Kier molecular flexibility index (Phi) is 43.9. The van der Waals surface area contributed by atoms with E-state index >= 15 is 0 Å². The molecule has 109 valence electrons. The first-order valence-corrected chi connectivity index (χ1v) is 6.26. The van der Waals surface area contributed by atoms with Crippen LogP contribution in [0.25, 0.3) is 0 Å². The molecule has 0 aromatic carbocycles. The van der Waals surface area contributed by atoms with Crippen molar-refractivity contribution in [3.8, 4) is 0 Å². The Labute approximate surface area is 125 Å². The van der Waals surface area contributed by atoms with E-state index in [1.54, 1.807) is 0 Å². The normalized spacial score (nSPS) is 11.5. The zero-order valence-electron chi connectivity index (χ0n) is 10.3. The van der Waals surface area contributed by atoms with Gasteiger partial charge < -0.3 is 17.3 Å². The molecule has 0 spiro atoms. The van der Waals surface area contributed by atoms with E-state index in [9.17, 15) is 17.3 Å². The van der Waals surface area contributed by atoms with Crippen LogP contribution in [-0.2, 0) is 26.4 Å². The summed E-state index contributed by atoms with van der Waals surface area (Å²) in [6, 6.07) is 0. The van der Waals surface area contributed by atoms with Crippen LogP contribution in [0.15, 0.2) is 0 Å². The first-order chi connectivity index (χ1) is 8.23. The van der Waals surface area contributed by atoms with Gasteiger partial charge in [-0.15, -0.1) is 0 Å². The Balaban J connectivity index is -0.0000000448. The topological polar surface area (TPSA) is 39.8 Å². The molecule has 19 heavy (non-hydrogen) atoms. The van der Waals surface area contributed by atoms with Crippen LogP contribution in [-0.4, -0.2) is 25.6 Å². The first-order valence-electron chi connectivity index (χ1n) is 4.05. The second-order valence-electron chi connectivity index (χ2n) is 2.44. The van der Waals surface area contributed by atoms with Gasteiger partial charge in [0.1, 0.15) is 0 Å². The van der Waals surface area contributed by atoms with Crippen molar-refractivity contribution in [3.05, 3.63) is 45.4 Å². The minimum atomic E-state index is -6.00. The second kappa shape index (κ2) is 26.5. The average Bonchev–Trinajstić information content (AvgIpc) is 2.77. The van der Waals surface area contributed by atoms with Crippen LogP contribution in [0.1, 0.15) is 0 Å². The second-order valence-corrected chi connectivity index (χ2v) is 4.41. The van der Waals surface area contributed by atoms with E-state index in [0.717, 1.165) is 0 Å². The summed E-state index contributed by atoms with van der Waals surface area (Å²) < 4.78 is 54.0. The van der Waals surface area contributed by atoms with Gasteiger partial charge in [0, 0.05) is 0 Å². The van der Waals surface area contributed by atoms with E-state index in [2.05, 4.69) is 31.7 Å². The minimum Gasteiger partial charge on any atom is -0.0312 e. The molecule has 1 aliphatic rings. The zero-order chi connectivity index (χ0) is 15.6. The maximum absolute atomic E-state index is 9.75. The first kappa shape index (κ1) is 31.4. The minimum absolute atomic E-state index is 0. The SMILES string of the molecule is C=S(C)C.F[B-](F)(F)F.[C-]#[O+].[C-]#[O+].[CH]1[CH][CH][CH][CH]1.[Fe+2].